The van der Waals surface area contributed by atoms with Gasteiger partial charge in [0.15, 0.2) is 12.2 Å². The van der Waals surface area contributed by atoms with E-state index in [-0.39, 0.29) is 25.7 Å². The summed E-state index contributed by atoms with van der Waals surface area (Å²) in [5.74, 6) is -0.0281. The van der Waals surface area contributed by atoms with Crippen molar-refractivity contribution >= 4 is 39.5 Å². The molecule has 0 fully saturated rings. The monoisotopic (exact) mass is 1280 g/mol. The molecule has 0 aliphatic rings. The van der Waals surface area contributed by atoms with Crippen LogP contribution in [0.25, 0.3) is 0 Å². The van der Waals surface area contributed by atoms with E-state index in [0.29, 0.717) is 31.6 Å². The Balaban J connectivity index is 5.28. The van der Waals surface area contributed by atoms with Crippen molar-refractivity contribution in [3.8, 4) is 0 Å². The number of aliphatic hydroxyl groups is 1. The van der Waals surface area contributed by atoms with E-state index >= 15 is 0 Å². The van der Waals surface area contributed by atoms with E-state index in [4.69, 9.17) is 37.0 Å². The van der Waals surface area contributed by atoms with Gasteiger partial charge in [-0.05, 0) is 69.1 Å². The molecule has 0 aromatic carbocycles. The normalized spacial score (nSPS) is 14.4. The average molecular weight is 1280 g/mol. The number of aliphatic hydroxyl groups excluding tert-OH is 1. The predicted octanol–water partition coefficient (Wildman–Crippen LogP) is 18.6. The third kappa shape index (κ3) is 62.1. The quantitative estimate of drug-likeness (QED) is 0.0169. The molecule has 87 heavy (non-hydrogen) atoms. The minimum atomic E-state index is -4.96. The summed E-state index contributed by atoms with van der Waals surface area (Å²) in [6.45, 7) is 11.6. The molecule has 0 spiro atoms. The van der Waals surface area contributed by atoms with Crippen LogP contribution in [0, 0.1) is 17.8 Å². The predicted molar refractivity (Wildman–Crippen MR) is 349 cm³/mol. The fourth-order valence-corrected chi connectivity index (χ4v) is 11.2. The van der Waals surface area contributed by atoms with Gasteiger partial charge in [0, 0.05) is 25.7 Å². The number of hydrogen-bond donors (Lipinski definition) is 3. The first-order chi connectivity index (χ1) is 41.7. The maximum Gasteiger partial charge on any atom is 0.472 e. The summed E-state index contributed by atoms with van der Waals surface area (Å²) in [6, 6.07) is 0. The van der Waals surface area contributed by atoms with Gasteiger partial charge < -0.3 is 33.8 Å². The second-order valence-corrected chi connectivity index (χ2v) is 28.2. The van der Waals surface area contributed by atoms with Gasteiger partial charge in [-0.3, -0.25) is 37.3 Å². The smallest absolute Gasteiger partial charge is 0.462 e. The molecule has 3 unspecified atom stereocenters. The van der Waals surface area contributed by atoms with E-state index in [1.165, 1.54) is 103 Å². The molecule has 17 nitrogen and oxygen atoms in total. The molecule has 0 saturated heterocycles. The Kier molecular flexibility index (Phi) is 57.0. The lowest BCUT2D eigenvalue weighted by atomic mass is 10.0. The molecular weight excluding hydrogens is 1150 g/mol. The van der Waals surface area contributed by atoms with Crippen LogP contribution in [-0.2, 0) is 65.4 Å². The van der Waals surface area contributed by atoms with Gasteiger partial charge in [-0.15, -0.1) is 0 Å². The number of hydrogen-bond acceptors (Lipinski definition) is 15. The molecule has 3 N–H and O–H groups in total. The molecular formula is C68H128O17P2. The molecule has 0 rings (SSSR count). The third-order valence-corrected chi connectivity index (χ3v) is 16.9. The third-order valence-electron chi connectivity index (χ3n) is 15.0. The number of carbonyl (C=O) groups is 4. The summed E-state index contributed by atoms with van der Waals surface area (Å²) in [6.07, 6.45) is 44.1. The Labute approximate surface area is 529 Å². The van der Waals surface area contributed by atoms with Crippen LogP contribution >= 0.6 is 15.6 Å². The summed E-state index contributed by atoms with van der Waals surface area (Å²) in [7, 11) is -9.91. The van der Waals surface area contributed by atoms with E-state index < -0.39 is 97.5 Å². The number of rotatable bonds is 64. The minimum Gasteiger partial charge on any atom is -0.462 e. The highest BCUT2D eigenvalue weighted by Gasteiger charge is 2.30. The maximum absolute atomic E-state index is 13.0. The highest BCUT2D eigenvalue weighted by molar-refractivity contribution is 7.47. The molecule has 0 aliphatic carbocycles. The molecule has 0 aromatic rings. The zero-order valence-electron chi connectivity index (χ0n) is 56.0. The largest absolute Gasteiger partial charge is 0.472 e. The van der Waals surface area contributed by atoms with E-state index in [1.54, 1.807) is 0 Å². The molecule has 0 bridgehead atoms. The zero-order valence-corrected chi connectivity index (χ0v) is 57.7. The molecule has 0 aliphatic heterocycles. The van der Waals surface area contributed by atoms with Crippen LogP contribution in [0.5, 0.6) is 0 Å². The number of esters is 4. The molecule has 0 aromatic heterocycles. The lowest BCUT2D eigenvalue weighted by Crippen LogP contribution is -2.30. The molecule has 0 radical (unpaired) electrons. The van der Waals surface area contributed by atoms with Crippen LogP contribution in [0.2, 0.25) is 0 Å². The Hall–Kier alpha value is -2.46. The number of phosphoric acid groups is 2. The summed E-state index contributed by atoms with van der Waals surface area (Å²) < 4.78 is 68.1. The fraction of sp³-hybridized carbons (Fsp3) is 0.882. The number of carbonyl (C=O) groups excluding carboxylic acids is 4. The molecule has 5 atom stereocenters. The van der Waals surface area contributed by atoms with Crippen LogP contribution < -0.4 is 0 Å². The van der Waals surface area contributed by atoms with Crippen LogP contribution in [-0.4, -0.2) is 96.7 Å². The maximum atomic E-state index is 13.0. The molecule has 0 amide bonds. The van der Waals surface area contributed by atoms with Crippen LogP contribution in [0.1, 0.15) is 312 Å². The van der Waals surface area contributed by atoms with E-state index in [0.717, 1.165) is 121 Å². The van der Waals surface area contributed by atoms with Crippen molar-refractivity contribution in [2.45, 2.75) is 330 Å². The van der Waals surface area contributed by atoms with Crippen molar-refractivity contribution in [3.05, 3.63) is 24.3 Å². The minimum absolute atomic E-state index is 0.0833. The van der Waals surface area contributed by atoms with Crippen molar-refractivity contribution in [1.29, 1.82) is 0 Å². The standard InChI is InChI=1S/C68H128O17P2/c1-8-9-10-11-12-13-14-15-16-17-18-21-28-37-44-51-67(72)85-64(56-79-66(71)50-43-36-31-30-34-41-48-61(6)7)58-83-87(76,77)81-54-62(69)53-80-86(74,75)82-57-63(55-78-65(70)49-42-35-27-24-23-26-33-40-47-60(4)5)84-68(73)52-45-38-29-22-19-20-25-32-39-46-59(2)3/h13-16,59-64,69H,8-12,17-58H2,1-7H3,(H,74,75)(H,76,77)/b14-13-,16-15-/t62?,63-,64-/m1/s1. The molecule has 0 saturated carbocycles. The van der Waals surface area contributed by atoms with E-state index in [9.17, 15) is 43.2 Å². The second-order valence-electron chi connectivity index (χ2n) is 25.3. The summed E-state index contributed by atoms with van der Waals surface area (Å²) in [5.41, 5.74) is 0. The van der Waals surface area contributed by atoms with E-state index in [1.807, 2.05) is 0 Å². The first-order valence-corrected chi connectivity index (χ1v) is 37.7. The van der Waals surface area contributed by atoms with Gasteiger partial charge in [0.05, 0.1) is 26.4 Å². The van der Waals surface area contributed by atoms with Gasteiger partial charge in [-0.2, -0.15) is 0 Å². The topological polar surface area (TPSA) is 237 Å². The zero-order chi connectivity index (χ0) is 64.5. The van der Waals surface area contributed by atoms with Gasteiger partial charge in [-0.25, -0.2) is 9.13 Å². The molecule has 19 heteroatoms. The van der Waals surface area contributed by atoms with Crippen molar-refractivity contribution in [1.82, 2.24) is 0 Å². The van der Waals surface area contributed by atoms with Gasteiger partial charge in [0.25, 0.3) is 0 Å². The van der Waals surface area contributed by atoms with Crippen LogP contribution in [0.15, 0.2) is 24.3 Å². The Bertz CT molecular complexity index is 1810. The Morgan fingerprint density at radius 1 is 0.356 bits per heavy atom. The second kappa shape index (κ2) is 58.6. The van der Waals surface area contributed by atoms with Gasteiger partial charge in [-0.1, -0.05) is 259 Å². The lowest BCUT2D eigenvalue weighted by molar-refractivity contribution is -0.161. The van der Waals surface area contributed by atoms with Crippen molar-refractivity contribution in [3.63, 3.8) is 0 Å². The SMILES string of the molecule is CCCCCC/C=C\C=C/CCCCCCCC(=O)O[C@H](COC(=O)CCCCCCCCC(C)C)COP(=O)(O)OCC(O)COP(=O)(O)OC[C@@H](COC(=O)CCCCCCCCCCC(C)C)OC(=O)CCCCCCCCCCCC(C)C. The highest BCUT2D eigenvalue weighted by atomic mass is 31.2. The summed E-state index contributed by atoms with van der Waals surface area (Å²) >= 11 is 0. The highest BCUT2D eigenvalue weighted by Crippen LogP contribution is 2.45. The summed E-state index contributed by atoms with van der Waals surface area (Å²) in [4.78, 5) is 72.4. The number of allylic oxidation sites excluding steroid dienone is 4. The van der Waals surface area contributed by atoms with Crippen LogP contribution in [0.3, 0.4) is 0 Å². The fourth-order valence-electron chi connectivity index (χ4n) is 9.65. The first-order valence-electron chi connectivity index (χ1n) is 34.7. The lowest BCUT2D eigenvalue weighted by Gasteiger charge is -2.21. The molecule has 512 valence electrons. The Morgan fingerprint density at radius 3 is 0.931 bits per heavy atom. The van der Waals surface area contributed by atoms with Crippen molar-refractivity contribution in [2.24, 2.45) is 17.8 Å². The van der Waals surface area contributed by atoms with Gasteiger partial charge in [0.2, 0.25) is 0 Å². The van der Waals surface area contributed by atoms with Crippen molar-refractivity contribution < 1.29 is 80.2 Å². The van der Waals surface area contributed by atoms with E-state index in [2.05, 4.69) is 72.8 Å². The number of ether oxygens (including phenoxy) is 4. The van der Waals surface area contributed by atoms with Gasteiger partial charge >= 0.3 is 39.5 Å². The Morgan fingerprint density at radius 2 is 0.621 bits per heavy atom. The number of phosphoric ester groups is 2. The summed E-state index contributed by atoms with van der Waals surface area (Å²) in [5, 5.41) is 10.6. The van der Waals surface area contributed by atoms with Crippen LogP contribution in [0.4, 0.5) is 0 Å². The number of unbranched alkanes of at least 4 members (excludes halogenated alkanes) is 29. The van der Waals surface area contributed by atoms with Crippen molar-refractivity contribution in [2.75, 3.05) is 39.6 Å². The average Bonchev–Trinajstić information content (AvgIpc) is 3.69. The molecule has 0 heterocycles. The van der Waals surface area contributed by atoms with Gasteiger partial charge in [0.1, 0.15) is 19.3 Å². The first kappa shape index (κ1) is 84.5.